The molecule has 0 radical (unpaired) electrons. The molecule has 2 rings (SSSR count). The molecule has 0 heterocycles. The van der Waals surface area contributed by atoms with Crippen LogP contribution in [0.3, 0.4) is 0 Å². The summed E-state index contributed by atoms with van der Waals surface area (Å²) in [6.45, 7) is 2.00. The largest absolute Gasteiger partial charge is 0.309 e. The lowest BCUT2D eigenvalue weighted by atomic mass is 9.95. The van der Waals surface area contributed by atoms with Crippen molar-refractivity contribution in [3.63, 3.8) is 0 Å². The van der Waals surface area contributed by atoms with Crippen molar-refractivity contribution in [3.8, 4) is 0 Å². The number of benzene rings is 2. The van der Waals surface area contributed by atoms with Gasteiger partial charge in [0.2, 0.25) is 0 Å². The van der Waals surface area contributed by atoms with Gasteiger partial charge in [-0.3, -0.25) is 0 Å². The van der Waals surface area contributed by atoms with Gasteiger partial charge in [-0.2, -0.15) is 0 Å². The lowest BCUT2D eigenvalue weighted by Crippen LogP contribution is -2.20. The summed E-state index contributed by atoms with van der Waals surface area (Å²) in [6.07, 6.45) is 0. The Morgan fingerprint density at radius 3 is 2.45 bits per heavy atom. The van der Waals surface area contributed by atoms with E-state index in [-0.39, 0.29) is 11.9 Å². The molecule has 5 heteroatoms. The second-order valence-electron chi connectivity index (χ2n) is 4.51. The number of halogens is 4. The van der Waals surface area contributed by atoms with E-state index in [1.165, 1.54) is 6.07 Å². The van der Waals surface area contributed by atoms with Gasteiger partial charge in [0.05, 0.1) is 11.1 Å². The van der Waals surface area contributed by atoms with Crippen LogP contribution in [-0.2, 0) is 0 Å². The molecule has 0 bridgehead atoms. The zero-order valence-electron chi connectivity index (χ0n) is 11.0. The fourth-order valence-electron chi connectivity index (χ4n) is 2.20. The Labute approximate surface area is 139 Å². The molecule has 2 aromatic carbocycles. The van der Waals surface area contributed by atoms with Gasteiger partial charge in [0.1, 0.15) is 5.82 Å². The standard InChI is InChI=1S/C15H13Br2ClFN/c1-8-5-9(16)3-4-10(8)15(20-2)11-6-13(18)12(17)7-14(11)19/h3-7,15,20H,1-2H3. The Hall–Kier alpha value is -0.420. The molecule has 0 fully saturated rings. The van der Waals surface area contributed by atoms with Gasteiger partial charge in [-0.15, -0.1) is 0 Å². The molecule has 1 N–H and O–H groups in total. The molecule has 0 saturated carbocycles. The van der Waals surface area contributed by atoms with Crippen LogP contribution in [0, 0.1) is 12.7 Å². The minimum absolute atomic E-state index is 0.242. The first-order chi connectivity index (χ1) is 9.43. The molecule has 0 amide bonds. The van der Waals surface area contributed by atoms with E-state index in [0.717, 1.165) is 15.6 Å². The Kier molecular flexibility index (Phi) is 5.24. The van der Waals surface area contributed by atoms with Crippen LogP contribution in [0.5, 0.6) is 0 Å². The van der Waals surface area contributed by atoms with E-state index in [4.69, 9.17) is 11.6 Å². The topological polar surface area (TPSA) is 12.0 Å². The van der Waals surface area contributed by atoms with Gasteiger partial charge in [-0.25, -0.2) is 4.39 Å². The quantitative estimate of drug-likeness (QED) is 0.634. The normalized spacial score (nSPS) is 12.5. The van der Waals surface area contributed by atoms with E-state index in [1.54, 1.807) is 6.07 Å². The van der Waals surface area contributed by atoms with E-state index in [2.05, 4.69) is 37.2 Å². The van der Waals surface area contributed by atoms with Crippen LogP contribution in [0.15, 0.2) is 39.3 Å². The number of rotatable bonds is 3. The van der Waals surface area contributed by atoms with Gasteiger partial charge in [0.15, 0.2) is 0 Å². The summed E-state index contributed by atoms with van der Waals surface area (Å²) in [4.78, 5) is 0. The monoisotopic (exact) mass is 419 g/mol. The van der Waals surface area contributed by atoms with Crippen LogP contribution in [0.2, 0.25) is 5.02 Å². The van der Waals surface area contributed by atoms with Crippen LogP contribution in [0.1, 0.15) is 22.7 Å². The SMILES string of the molecule is CNC(c1ccc(Br)cc1C)c1cc(Cl)c(Br)cc1F. The molecular weight excluding hydrogens is 408 g/mol. The third-order valence-electron chi connectivity index (χ3n) is 3.18. The summed E-state index contributed by atoms with van der Waals surface area (Å²) in [7, 11) is 1.81. The average molecular weight is 422 g/mol. The second-order valence-corrected chi connectivity index (χ2v) is 6.69. The van der Waals surface area contributed by atoms with Gasteiger partial charge < -0.3 is 5.32 Å². The number of nitrogens with one attached hydrogen (secondary N) is 1. The first-order valence-corrected chi connectivity index (χ1v) is 7.98. The highest BCUT2D eigenvalue weighted by molar-refractivity contribution is 9.10. The summed E-state index contributed by atoms with van der Waals surface area (Å²) in [6, 6.07) is 8.76. The van der Waals surface area contributed by atoms with Gasteiger partial charge in [-0.1, -0.05) is 33.6 Å². The highest BCUT2D eigenvalue weighted by Crippen LogP contribution is 2.33. The van der Waals surface area contributed by atoms with Gasteiger partial charge >= 0.3 is 0 Å². The second kappa shape index (κ2) is 6.56. The maximum Gasteiger partial charge on any atom is 0.129 e. The Balaban J connectivity index is 2.55. The fourth-order valence-corrected chi connectivity index (χ4v) is 3.16. The van der Waals surface area contributed by atoms with Crippen LogP contribution in [0.4, 0.5) is 4.39 Å². The minimum Gasteiger partial charge on any atom is -0.309 e. The summed E-state index contributed by atoms with van der Waals surface area (Å²) in [5, 5.41) is 3.65. The van der Waals surface area contributed by atoms with Crippen molar-refractivity contribution in [2.45, 2.75) is 13.0 Å². The zero-order valence-corrected chi connectivity index (χ0v) is 14.9. The number of aryl methyl sites for hydroxylation is 1. The molecule has 106 valence electrons. The van der Waals surface area contributed by atoms with Gasteiger partial charge in [-0.05, 0) is 65.3 Å². The Bertz CT molecular complexity index is 646. The predicted octanol–water partition coefficient (Wildman–Crippen LogP) is 5.62. The molecule has 1 nitrogen and oxygen atoms in total. The van der Waals surface area contributed by atoms with Crippen molar-refractivity contribution in [1.82, 2.24) is 5.32 Å². The highest BCUT2D eigenvalue weighted by atomic mass is 79.9. The zero-order chi connectivity index (χ0) is 14.9. The van der Waals surface area contributed by atoms with E-state index < -0.39 is 0 Å². The van der Waals surface area contributed by atoms with Crippen LogP contribution in [0.25, 0.3) is 0 Å². The maximum absolute atomic E-state index is 14.2. The average Bonchev–Trinajstić information content (AvgIpc) is 2.38. The van der Waals surface area contributed by atoms with Crippen molar-refractivity contribution in [1.29, 1.82) is 0 Å². The molecule has 1 atom stereocenters. The highest BCUT2D eigenvalue weighted by Gasteiger charge is 2.19. The lowest BCUT2D eigenvalue weighted by Gasteiger charge is -2.21. The molecule has 2 aromatic rings. The summed E-state index contributed by atoms with van der Waals surface area (Å²) < 4.78 is 15.8. The molecule has 1 unspecified atom stereocenters. The van der Waals surface area contributed by atoms with E-state index >= 15 is 0 Å². The lowest BCUT2D eigenvalue weighted by molar-refractivity contribution is 0.574. The van der Waals surface area contributed by atoms with Gasteiger partial charge in [0.25, 0.3) is 0 Å². The summed E-state index contributed by atoms with van der Waals surface area (Å²) in [5.41, 5.74) is 2.64. The predicted molar refractivity (Wildman–Crippen MR) is 88.9 cm³/mol. The Morgan fingerprint density at radius 2 is 1.85 bits per heavy atom. The smallest absolute Gasteiger partial charge is 0.129 e. The molecule has 0 spiro atoms. The molecular formula is C15H13Br2ClFN. The molecule has 0 aromatic heterocycles. The Morgan fingerprint density at radius 1 is 1.15 bits per heavy atom. The number of hydrogen-bond donors (Lipinski definition) is 1. The molecule has 20 heavy (non-hydrogen) atoms. The van der Waals surface area contributed by atoms with Crippen LogP contribution < -0.4 is 5.32 Å². The summed E-state index contributed by atoms with van der Waals surface area (Å²) in [5.74, 6) is -0.289. The molecule has 0 saturated heterocycles. The molecule has 0 aliphatic heterocycles. The van der Waals surface area contributed by atoms with Crippen LogP contribution in [-0.4, -0.2) is 7.05 Å². The van der Waals surface area contributed by atoms with E-state index in [0.29, 0.717) is 15.1 Å². The fraction of sp³-hybridized carbons (Fsp3) is 0.200. The van der Waals surface area contributed by atoms with Gasteiger partial charge in [0, 0.05) is 14.5 Å². The third-order valence-corrected chi connectivity index (χ3v) is 4.87. The van der Waals surface area contributed by atoms with Crippen molar-refractivity contribution in [2.24, 2.45) is 0 Å². The molecule has 0 aliphatic carbocycles. The maximum atomic E-state index is 14.2. The van der Waals surface area contributed by atoms with Crippen molar-refractivity contribution in [2.75, 3.05) is 7.05 Å². The van der Waals surface area contributed by atoms with Crippen LogP contribution >= 0.6 is 43.5 Å². The summed E-state index contributed by atoms with van der Waals surface area (Å²) >= 11 is 12.8. The van der Waals surface area contributed by atoms with Crippen molar-refractivity contribution in [3.05, 3.63) is 66.8 Å². The van der Waals surface area contributed by atoms with Crippen molar-refractivity contribution >= 4 is 43.5 Å². The first-order valence-electron chi connectivity index (χ1n) is 6.01. The number of hydrogen-bond acceptors (Lipinski definition) is 1. The first kappa shape index (κ1) is 16.0. The third kappa shape index (κ3) is 3.25. The molecule has 0 aliphatic rings. The van der Waals surface area contributed by atoms with E-state index in [1.807, 2.05) is 32.2 Å². The minimum atomic E-state index is -0.289. The van der Waals surface area contributed by atoms with Crippen molar-refractivity contribution < 1.29 is 4.39 Å². The van der Waals surface area contributed by atoms with E-state index in [9.17, 15) is 4.39 Å².